The van der Waals surface area contributed by atoms with Crippen LogP contribution in [0.1, 0.15) is 23.6 Å². The molecular formula is C31H34O7S. The Hall–Kier alpha value is -3.01. The molecule has 3 aromatic rings. The van der Waals surface area contributed by atoms with Crippen molar-refractivity contribution in [3.8, 4) is 0 Å². The van der Waals surface area contributed by atoms with E-state index in [2.05, 4.69) is 0 Å². The molecule has 0 aliphatic carbocycles. The third-order valence-electron chi connectivity index (χ3n) is 6.37. The summed E-state index contributed by atoms with van der Waals surface area (Å²) in [4.78, 5) is 24.9. The van der Waals surface area contributed by atoms with Gasteiger partial charge in [0, 0.05) is 12.7 Å². The van der Waals surface area contributed by atoms with Crippen LogP contribution in [0.2, 0.25) is 0 Å². The van der Waals surface area contributed by atoms with Crippen molar-refractivity contribution in [3.05, 3.63) is 108 Å². The van der Waals surface area contributed by atoms with Crippen LogP contribution in [-0.2, 0) is 53.1 Å². The molecule has 0 amide bonds. The zero-order valence-corrected chi connectivity index (χ0v) is 23.0. The van der Waals surface area contributed by atoms with Gasteiger partial charge in [0.2, 0.25) is 0 Å². The molecule has 5 atom stereocenters. The summed E-state index contributed by atoms with van der Waals surface area (Å²) in [5.41, 5.74) is 2.89. The van der Waals surface area contributed by atoms with Crippen LogP contribution in [0.3, 0.4) is 0 Å². The predicted molar refractivity (Wildman–Crippen MR) is 149 cm³/mol. The molecule has 8 heteroatoms. The molecule has 2 unspecified atom stereocenters. The number of carbonyl (C=O) groups excluding carboxylic acids is 2. The molecule has 39 heavy (non-hydrogen) atoms. The van der Waals surface area contributed by atoms with Crippen molar-refractivity contribution in [2.75, 3.05) is 12.9 Å². The average Bonchev–Trinajstić information content (AvgIpc) is 2.98. The van der Waals surface area contributed by atoms with E-state index >= 15 is 0 Å². The zero-order chi connectivity index (χ0) is 27.5. The largest absolute Gasteiger partial charge is 0.467 e. The van der Waals surface area contributed by atoms with Gasteiger partial charge in [-0.15, -0.1) is 0 Å². The Balaban J connectivity index is 1.66. The number of carbonyl (C=O) groups is 2. The van der Waals surface area contributed by atoms with E-state index in [0.717, 1.165) is 28.5 Å². The Morgan fingerprint density at radius 3 is 1.56 bits per heavy atom. The van der Waals surface area contributed by atoms with Crippen LogP contribution >= 0.6 is 11.8 Å². The van der Waals surface area contributed by atoms with Crippen LogP contribution in [0.4, 0.5) is 0 Å². The number of rotatable bonds is 12. The average molecular weight is 551 g/mol. The Labute approximate surface area is 233 Å². The van der Waals surface area contributed by atoms with Crippen LogP contribution < -0.4 is 0 Å². The van der Waals surface area contributed by atoms with Crippen LogP contribution in [0, 0.1) is 0 Å². The van der Waals surface area contributed by atoms with Gasteiger partial charge in [-0.05, 0) is 16.7 Å². The molecule has 3 aromatic carbocycles. The Morgan fingerprint density at radius 1 is 0.692 bits per heavy atom. The zero-order valence-electron chi connectivity index (χ0n) is 22.1. The molecule has 206 valence electrons. The van der Waals surface area contributed by atoms with Gasteiger partial charge >= 0.3 is 5.97 Å². The maximum Gasteiger partial charge on any atom is 0.337 e. The van der Waals surface area contributed by atoms with E-state index in [0.29, 0.717) is 12.4 Å². The number of esters is 1. The molecule has 1 fully saturated rings. The maximum atomic E-state index is 13.0. The molecule has 7 nitrogen and oxygen atoms in total. The van der Waals surface area contributed by atoms with Crippen molar-refractivity contribution in [2.45, 2.75) is 57.3 Å². The number of ether oxygens (including phenoxy) is 5. The van der Waals surface area contributed by atoms with E-state index in [-0.39, 0.29) is 18.3 Å². The summed E-state index contributed by atoms with van der Waals surface area (Å²) >= 11 is 1.12. The quantitative estimate of drug-likeness (QED) is 0.293. The molecule has 1 aliphatic heterocycles. The Morgan fingerprint density at radius 2 is 1.13 bits per heavy atom. The summed E-state index contributed by atoms with van der Waals surface area (Å²) in [7, 11) is 1.32. The maximum absolute atomic E-state index is 13.0. The fourth-order valence-electron chi connectivity index (χ4n) is 4.43. The summed E-state index contributed by atoms with van der Waals surface area (Å²) < 4.78 is 30.7. The highest BCUT2D eigenvalue weighted by molar-refractivity contribution is 8.13. The lowest BCUT2D eigenvalue weighted by atomic mass is 9.94. The normalized spacial score (nSPS) is 22.8. The minimum atomic E-state index is -1.06. The van der Waals surface area contributed by atoms with E-state index in [1.54, 1.807) is 0 Å². The van der Waals surface area contributed by atoms with Crippen molar-refractivity contribution >= 4 is 22.8 Å². The van der Waals surface area contributed by atoms with Crippen LogP contribution in [0.5, 0.6) is 0 Å². The lowest BCUT2D eigenvalue weighted by molar-refractivity contribution is -0.261. The summed E-state index contributed by atoms with van der Waals surface area (Å²) in [6.45, 7) is 2.32. The number of hydrogen-bond acceptors (Lipinski definition) is 8. The van der Waals surface area contributed by atoms with E-state index < -0.39 is 36.5 Å². The van der Waals surface area contributed by atoms with Gasteiger partial charge in [-0.25, -0.2) is 4.79 Å². The van der Waals surface area contributed by atoms with E-state index in [1.807, 2.05) is 91.0 Å². The molecule has 0 saturated carbocycles. The van der Waals surface area contributed by atoms with Gasteiger partial charge < -0.3 is 23.7 Å². The van der Waals surface area contributed by atoms with Gasteiger partial charge in [0.1, 0.15) is 18.3 Å². The van der Waals surface area contributed by atoms with E-state index in [1.165, 1.54) is 14.0 Å². The predicted octanol–water partition coefficient (Wildman–Crippen LogP) is 4.96. The first kappa shape index (κ1) is 29.0. The standard InChI is InChI=1S/C31H34O7S/c1-22(32)39-21-26-27(35-18-23-12-6-3-7-13-23)28(36-19-24-14-8-4-9-15-24)29(30(38-26)31(33)34-2)37-20-25-16-10-5-11-17-25/h3-17,26-30H,18-21H2,1-2H3/t26-,27?,28+,29+,30?/m0/s1. The highest BCUT2D eigenvalue weighted by Crippen LogP contribution is 2.32. The van der Waals surface area contributed by atoms with Crippen molar-refractivity contribution in [1.82, 2.24) is 0 Å². The van der Waals surface area contributed by atoms with Crippen LogP contribution in [0.15, 0.2) is 91.0 Å². The molecule has 0 spiro atoms. The summed E-state index contributed by atoms with van der Waals surface area (Å²) in [5.74, 6) is -0.278. The van der Waals surface area contributed by atoms with Gasteiger partial charge in [0.05, 0.1) is 33.0 Å². The lowest BCUT2D eigenvalue weighted by Crippen LogP contribution is -2.62. The van der Waals surface area contributed by atoms with Gasteiger partial charge in [-0.1, -0.05) is 103 Å². The smallest absolute Gasteiger partial charge is 0.337 e. The Bertz CT molecular complexity index is 1160. The molecule has 1 aliphatic rings. The fraction of sp³-hybridized carbons (Fsp3) is 0.355. The van der Waals surface area contributed by atoms with E-state index in [9.17, 15) is 9.59 Å². The van der Waals surface area contributed by atoms with Crippen molar-refractivity contribution < 1.29 is 33.3 Å². The third-order valence-corrected chi connectivity index (χ3v) is 7.28. The Kier molecular flexibility index (Phi) is 11.1. The second kappa shape index (κ2) is 15.0. The van der Waals surface area contributed by atoms with E-state index in [4.69, 9.17) is 23.7 Å². The van der Waals surface area contributed by atoms with Crippen LogP contribution in [0.25, 0.3) is 0 Å². The molecule has 1 heterocycles. The fourth-order valence-corrected chi connectivity index (χ4v) is 5.09. The van der Waals surface area contributed by atoms with Crippen LogP contribution in [-0.4, -0.2) is 54.5 Å². The first-order valence-electron chi connectivity index (χ1n) is 12.9. The van der Waals surface area contributed by atoms with Crippen molar-refractivity contribution in [1.29, 1.82) is 0 Å². The van der Waals surface area contributed by atoms with Gasteiger partial charge in [0.15, 0.2) is 11.2 Å². The topological polar surface area (TPSA) is 80.3 Å². The first-order valence-corrected chi connectivity index (χ1v) is 13.9. The molecule has 0 N–H and O–H groups in total. The molecule has 0 radical (unpaired) electrons. The highest BCUT2D eigenvalue weighted by atomic mass is 32.2. The molecular weight excluding hydrogens is 516 g/mol. The third kappa shape index (κ3) is 8.49. The molecule has 0 aromatic heterocycles. The van der Waals surface area contributed by atoms with Gasteiger partial charge in [-0.2, -0.15) is 0 Å². The van der Waals surface area contributed by atoms with Crippen molar-refractivity contribution in [3.63, 3.8) is 0 Å². The number of benzene rings is 3. The number of thioether (sulfide) groups is 1. The lowest BCUT2D eigenvalue weighted by Gasteiger charge is -2.45. The monoisotopic (exact) mass is 550 g/mol. The minimum absolute atomic E-state index is 0.0563. The first-order chi connectivity index (χ1) is 19.0. The van der Waals surface area contributed by atoms with Gasteiger partial charge in [0.25, 0.3) is 0 Å². The van der Waals surface area contributed by atoms with Crippen molar-refractivity contribution in [2.24, 2.45) is 0 Å². The summed E-state index contributed by atoms with van der Waals surface area (Å²) in [6.07, 6.45) is -3.81. The highest BCUT2D eigenvalue weighted by Gasteiger charge is 2.51. The molecule has 0 bridgehead atoms. The SMILES string of the molecule is COC(=O)C1O[C@@H](CSC(C)=O)C(OCc2ccccc2)[C@@H](OCc2ccccc2)[C@H]1OCc1ccccc1. The van der Waals surface area contributed by atoms with Gasteiger partial charge in [-0.3, -0.25) is 4.79 Å². The minimum Gasteiger partial charge on any atom is -0.467 e. The summed E-state index contributed by atoms with van der Waals surface area (Å²) in [5, 5.41) is -0.0563. The molecule has 4 rings (SSSR count). The molecule has 1 saturated heterocycles. The summed E-state index contributed by atoms with van der Waals surface area (Å²) in [6, 6.07) is 29.3. The number of methoxy groups -OCH3 is 1. The second-order valence-corrected chi connectivity index (χ2v) is 10.4. The number of hydrogen-bond donors (Lipinski definition) is 0. The second-order valence-electron chi connectivity index (χ2n) is 9.20.